The van der Waals surface area contributed by atoms with Crippen LogP contribution < -0.4 is 0 Å². The van der Waals surface area contributed by atoms with Gasteiger partial charge in [-0.2, -0.15) is 0 Å². The first-order chi connectivity index (χ1) is 20.6. The van der Waals surface area contributed by atoms with Crippen LogP contribution in [0.2, 0.25) is 0 Å². The molecule has 0 bridgehead atoms. The molecule has 1 aromatic carbocycles. The molecule has 0 aliphatic heterocycles. The largest absolute Gasteiger partial charge is 0.504 e. The van der Waals surface area contributed by atoms with Gasteiger partial charge in [-0.15, -0.1) is 0 Å². The minimum Gasteiger partial charge on any atom is -0.504 e. The zero-order chi connectivity index (χ0) is 31.9. The summed E-state index contributed by atoms with van der Waals surface area (Å²) < 4.78 is 6.18. The molecule has 5 fully saturated rings. The van der Waals surface area contributed by atoms with Crippen LogP contribution in [0, 0.1) is 56.7 Å². The number of aromatic hydroxyl groups is 2. The maximum atomic E-state index is 13.0. The van der Waals surface area contributed by atoms with Gasteiger partial charge in [0.25, 0.3) is 0 Å². The highest BCUT2D eigenvalue weighted by Gasteiger charge is 2.71. The van der Waals surface area contributed by atoms with Crippen LogP contribution in [0.3, 0.4) is 0 Å². The molecule has 0 amide bonds. The van der Waals surface area contributed by atoms with Gasteiger partial charge in [0.15, 0.2) is 11.5 Å². The SMILES string of the molecule is C=C(C)C1CCC2(CO)CC[C@@]3(C)C(CCC4[C@@]5(C)CCC(OC(=O)C=Cc6ccc(O)c(O)c6)C(C)(C)C5CC[C@]43C)C12. The predicted molar refractivity (Wildman–Crippen MR) is 175 cm³/mol. The number of carbonyl (C=O) groups is 1. The van der Waals surface area contributed by atoms with E-state index in [4.69, 9.17) is 4.74 Å². The van der Waals surface area contributed by atoms with Crippen molar-refractivity contribution in [2.75, 3.05) is 6.61 Å². The number of ether oxygens (including phenoxy) is 1. The molecule has 1 aromatic rings. The minimum atomic E-state index is -0.355. The number of benzene rings is 1. The van der Waals surface area contributed by atoms with E-state index in [-0.39, 0.29) is 50.6 Å². The van der Waals surface area contributed by atoms with E-state index < -0.39 is 0 Å². The number of carbonyl (C=O) groups excluding carboxylic acids is 1. The zero-order valence-electron chi connectivity index (χ0n) is 28.0. The van der Waals surface area contributed by atoms with Gasteiger partial charge in [-0.05, 0) is 146 Å². The van der Waals surface area contributed by atoms with Gasteiger partial charge in [0.2, 0.25) is 0 Å². The molecule has 5 saturated carbocycles. The van der Waals surface area contributed by atoms with Crippen molar-refractivity contribution < 1.29 is 24.9 Å². The fourth-order valence-corrected chi connectivity index (χ4v) is 12.7. The molecular weight excluding hydrogens is 548 g/mol. The number of aliphatic hydroxyl groups excluding tert-OH is 1. The lowest BCUT2D eigenvalue weighted by atomic mass is 9.32. The van der Waals surface area contributed by atoms with Crippen LogP contribution >= 0.6 is 0 Å². The Morgan fingerprint density at radius 3 is 2.34 bits per heavy atom. The summed E-state index contributed by atoms with van der Waals surface area (Å²) in [5.74, 6) is 2.10. The van der Waals surface area contributed by atoms with Gasteiger partial charge in [0, 0.05) is 18.1 Å². The van der Waals surface area contributed by atoms with Gasteiger partial charge in [0.05, 0.1) is 0 Å². The highest BCUT2D eigenvalue weighted by molar-refractivity contribution is 5.87. The number of phenols is 2. The second-order valence-corrected chi connectivity index (χ2v) is 17.1. The average Bonchev–Trinajstić information content (AvgIpc) is 3.36. The predicted octanol–water partition coefficient (Wildman–Crippen LogP) is 8.67. The molecular formula is C39H56O5. The number of esters is 1. The monoisotopic (exact) mass is 604 g/mol. The minimum absolute atomic E-state index is 0.0825. The van der Waals surface area contributed by atoms with E-state index >= 15 is 0 Å². The van der Waals surface area contributed by atoms with Crippen LogP contribution in [0.25, 0.3) is 6.08 Å². The van der Waals surface area contributed by atoms with Gasteiger partial charge in [0.1, 0.15) is 6.10 Å². The van der Waals surface area contributed by atoms with Crippen molar-refractivity contribution in [3.8, 4) is 11.5 Å². The second-order valence-electron chi connectivity index (χ2n) is 17.1. The van der Waals surface area contributed by atoms with Crippen molar-refractivity contribution in [1.82, 2.24) is 0 Å². The lowest BCUT2D eigenvalue weighted by Crippen LogP contribution is -2.67. The number of phenolic OH excluding ortho intramolecular Hbond substituents is 2. The average molecular weight is 605 g/mol. The number of aliphatic hydroxyl groups is 1. The molecule has 3 N–H and O–H groups in total. The van der Waals surface area contributed by atoms with E-state index in [1.165, 1.54) is 55.9 Å². The van der Waals surface area contributed by atoms with E-state index in [2.05, 4.69) is 48.1 Å². The van der Waals surface area contributed by atoms with E-state index in [1.54, 1.807) is 12.1 Å². The number of fused-ring (bicyclic) bond motifs is 7. The summed E-state index contributed by atoms with van der Waals surface area (Å²) >= 11 is 0. The van der Waals surface area contributed by atoms with E-state index in [0.717, 1.165) is 32.1 Å². The van der Waals surface area contributed by atoms with Crippen LogP contribution in [-0.2, 0) is 9.53 Å². The summed E-state index contributed by atoms with van der Waals surface area (Å²) in [7, 11) is 0. The maximum absolute atomic E-state index is 13.0. The Hall–Kier alpha value is -2.27. The first-order valence-electron chi connectivity index (χ1n) is 17.3. The van der Waals surface area contributed by atoms with Crippen molar-refractivity contribution in [1.29, 1.82) is 0 Å². The lowest BCUT2D eigenvalue weighted by Gasteiger charge is -2.73. The van der Waals surface area contributed by atoms with Gasteiger partial charge in [-0.25, -0.2) is 4.79 Å². The first kappa shape index (κ1) is 31.7. The maximum Gasteiger partial charge on any atom is 0.331 e. The fourth-order valence-electron chi connectivity index (χ4n) is 12.7. The summed E-state index contributed by atoms with van der Waals surface area (Å²) in [6.45, 7) is 19.5. The van der Waals surface area contributed by atoms with E-state index in [9.17, 15) is 20.1 Å². The Bertz CT molecular complexity index is 1350. The molecule has 242 valence electrons. The number of rotatable bonds is 5. The van der Waals surface area contributed by atoms with Gasteiger partial charge in [-0.1, -0.05) is 52.8 Å². The quantitative estimate of drug-likeness (QED) is 0.135. The van der Waals surface area contributed by atoms with Gasteiger partial charge >= 0.3 is 5.97 Å². The number of hydrogen-bond acceptors (Lipinski definition) is 5. The normalized spacial score (nSPS) is 44.2. The van der Waals surface area contributed by atoms with Crippen molar-refractivity contribution in [3.05, 3.63) is 42.0 Å². The van der Waals surface area contributed by atoms with Crippen molar-refractivity contribution >= 4 is 12.0 Å². The molecule has 0 spiro atoms. The van der Waals surface area contributed by atoms with Crippen molar-refractivity contribution in [2.24, 2.45) is 56.7 Å². The fraction of sp³-hybridized carbons (Fsp3) is 0.718. The highest BCUT2D eigenvalue weighted by Crippen LogP contribution is 2.77. The Kier molecular flexibility index (Phi) is 7.67. The molecule has 5 heteroatoms. The summed E-state index contributed by atoms with van der Waals surface area (Å²) in [6, 6.07) is 4.51. The Labute approximate surface area is 265 Å². The zero-order valence-corrected chi connectivity index (χ0v) is 28.0. The molecule has 10 atom stereocenters. The molecule has 0 radical (unpaired) electrons. The van der Waals surface area contributed by atoms with Gasteiger partial charge in [-0.3, -0.25) is 0 Å². The Morgan fingerprint density at radius 1 is 0.909 bits per heavy atom. The van der Waals surface area contributed by atoms with Crippen LogP contribution in [-0.4, -0.2) is 34.0 Å². The molecule has 44 heavy (non-hydrogen) atoms. The smallest absolute Gasteiger partial charge is 0.331 e. The van der Waals surface area contributed by atoms with E-state index in [1.807, 2.05) is 0 Å². The topological polar surface area (TPSA) is 87.0 Å². The lowest BCUT2D eigenvalue weighted by molar-refractivity contribution is -0.251. The molecule has 6 rings (SSSR count). The molecule has 5 nitrogen and oxygen atoms in total. The van der Waals surface area contributed by atoms with Crippen LogP contribution in [0.5, 0.6) is 11.5 Å². The Morgan fingerprint density at radius 2 is 1.66 bits per heavy atom. The summed E-state index contributed by atoms with van der Waals surface area (Å²) in [4.78, 5) is 13.0. The molecule has 7 unspecified atom stereocenters. The summed E-state index contributed by atoms with van der Waals surface area (Å²) in [6.07, 6.45) is 14.5. The molecule has 0 saturated heterocycles. The van der Waals surface area contributed by atoms with Gasteiger partial charge < -0.3 is 20.1 Å². The van der Waals surface area contributed by atoms with E-state index in [0.29, 0.717) is 41.8 Å². The molecule has 5 aliphatic carbocycles. The number of hydrogen-bond donors (Lipinski definition) is 3. The highest BCUT2D eigenvalue weighted by atomic mass is 16.5. The standard InChI is InChI=1S/C39H56O5/c1-24(2)26-14-19-39(23-40)21-20-37(6)27(34(26)39)10-12-31-36(5)17-16-32(35(3,4)30(36)15-18-38(31,37)7)44-33(43)13-9-25-8-11-28(41)29(42)22-25/h8-9,11,13,22,26-27,30-32,34,40-42H,1,10,12,14-21,23H2,2-7H3/t26?,27?,30?,31?,32?,34?,36-,37-,38+,39?/m0/s1. The van der Waals surface area contributed by atoms with Crippen LogP contribution in [0.4, 0.5) is 0 Å². The van der Waals surface area contributed by atoms with Crippen molar-refractivity contribution in [2.45, 2.75) is 112 Å². The third-order valence-electron chi connectivity index (χ3n) is 15.2. The summed E-state index contributed by atoms with van der Waals surface area (Å²) in [5, 5.41) is 30.2. The van der Waals surface area contributed by atoms with Crippen LogP contribution in [0.15, 0.2) is 36.4 Å². The molecule has 0 heterocycles. The molecule has 5 aliphatic rings. The third kappa shape index (κ3) is 4.45. The third-order valence-corrected chi connectivity index (χ3v) is 15.2. The number of allylic oxidation sites excluding steroid dienone is 1. The van der Waals surface area contributed by atoms with Crippen LogP contribution in [0.1, 0.15) is 111 Å². The summed E-state index contributed by atoms with van der Waals surface area (Å²) in [5.41, 5.74) is 2.61. The molecule has 0 aromatic heterocycles. The van der Waals surface area contributed by atoms with Crippen molar-refractivity contribution in [3.63, 3.8) is 0 Å². The first-order valence-corrected chi connectivity index (χ1v) is 17.3. The Balaban J connectivity index is 1.22. The second kappa shape index (κ2) is 10.6.